The molecule has 0 fully saturated rings. The molecule has 2 atom stereocenters. The van der Waals surface area contributed by atoms with Gasteiger partial charge in [-0.3, -0.25) is 4.52 Å². The van der Waals surface area contributed by atoms with Crippen LogP contribution in [-0.4, -0.2) is 12.0 Å². The van der Waals surface area contributed by atoms with E-state index in [2.05, 4.69) is 0 Å². The zero-order valence-corrected chi connectivity index (χ0v) is 14.2. The van der Waals surface area contributed by atoms with E-state index in [1.807, 2.05) is 44.2 Å². The monoisotopic (exact) mass is 326 g/mol. The maximum atomic E-state index is 12.7. The molecule has 3 nitrogen and oxygen atoms in total. The largest absolute Gasteiger partial charge is 0.424 e. The third kappa shape index (κ3) is 4.00. The number of benzene rings is 1. The van der Waals surface area contributed by atoms with Crippen molar-refractivity contribution in [2.75, 3.05) is 6.61 Å². The van der Waals surface area contributed by atoms with Gasteiger partial charge in [0.25, 0.3) is 0 Å². The summed E-state index contributed by atoms with van der Waals surface area (Å²) in [6, 6.07) is 8.02. The summed E-state index contributed by atoms with van der Waals surface area (Å²) in [4.78, 5) is 0. The zero-order chi connectivity index (χ0) is 15.5. The smallest absolute Gasteiger partial charge is 0.403 e. The highest BCUT2D eigenvalue weighted by Crippen LogP contribution is 2.57. The van der Waals surface area contributed by atoms with Crippen molar-refractivity contribution in [1.29, 1.82) is 0 Å². The fourth-order valence-electron chi connectivity index (χ4n) is 2.06. The van der Waals surface area contributed by atoms with Crippen LogP contribution < -0.4 is 0 Å². The first-order valence-corrected chi connectivity index (χ1v) is 9.11. The van der Waals surface area contributed by atoms with E-state index in [1.165, 1.54) is 5.56 Å². The molecule has 0 spiro atoms. The zero-order valence-electron chi connectivity index (χ0n) is 12.5. The van der Waals surface area contributed by atoms with E-state index in [1.54, 1.807) is 12.7 Å². The van der Waals surface area contributed by atoms with Gasteiger partial charge in [0.05, 0.1) is 12.0 Å². The first-order chi connectivity index (χ1) is 9.97. The van der Waals surface area contributed by atoms with Gasteiger partial charge in [0.2, 0.25) is 0 Å². The van der Waals surface area contributed by atoms with Crippen LogP contribution >= 0.6 is 19.2 Å². The van der Waals surface area contributed by atoms with E-state index in [4.69, 9.17) is 20.6 Å². The summed E-state index contributed by atoms with van der Waals surface area (Å²) < 4.78 is 23.6. The lowest BCUT2D eigenvalue weighted by molar-refractivity contribution is 0.253. The highest BCUT2D eigenvalue weighted by molar-refractivity contribution is 7.57. The van der Waals surface area contributed by atoms with E-state index in [0.29, 0.717) is 18.8 Å². The molecular weight excluding hydrogens is 307 g/mol. The van der Waals surface area contributed by atoms with Crippen LogP contribution in [0.5, 0.6) is 0 Å². The topological polar surface area (TPSA) is 35.5 Å². The van der Waals surface area contributed by atoms with Gasteiger partial charge in [-0.2, -0.15) is 0 Å². The Morgan fingerprint density at radius 1 is 1.29 bits per heavy atom. The predicted octanol–water partition coefficient (Wildman–Crippen LogP) is 5.50. The van der Waals surface area contributed by atoms with Crippen LogP contribution in [0.3, 0.4) is 0 Å². The van der Waals surface area contributed by atoms with Crippen molar-refractivity contribution in [2.45, 2.75) is 32.6 Å². The molecule has 1 aromatic carbocycles. The van der Waals surface area contributed by atoms with Crippen LogP contribution in [0.15, 0.2) is 41.9 Å². The Hall–Kier alpha value is -1.02. The highest BCUT2D eigenvalue weighted by atomic mass is 35.5. The molecule has 1 aliphatic rings. The third-order valence-corrected chi connectivity index (χ3v) is 5.39. The van der Waals surface area contributed by atoms with E-state index in [0.717, 1.165) is 11.1 Å². The summed E-state index contributed by atoms with van der Waals surface area (Å²) in [5.74, 6) is 2.08. The SMILES string of the molecule is CCOP1(=O)C=C(c2ccc(C)cc2)C=C(C(Cl)CC)O1. The van der Waals surface area contributed by atoms with Gasteiger partial charge in [-0.15, -0.1) is 11.6 Å². The van der Waals surface area contributed by atoms with Crippen LogP contribution in [0.2, 0.25) is 0 Å². The van der Waals surface area contributed by atoms with Crippen molar-refractivity contribution in [2.24, 2.45) is 0 Å². The van der Waals surface area contributed by atoms with Crippen molar-refractivity contribution in [3.8, 4) is 0 Å². The molecule has 0 amide bonds. The maximum absolute atomic E-state index is 12.7. The van der Waals surface area contributed by atoms with Crippen molar-refractivity contribution < 1.29 is 13.6 Å². The first-order valence-electron chi connectivity index (χ1n) is 7.07. The van der Waals surface area contributed by atoms with Gasteiger partial charge < -0.3 is 4.52 Å². The maximum Gasteiger partial charge on any atom is 0.403 e. The van der Waals surface area contributed by atoms with Crippen LogP contribution in [-0.2, 0) is 13.6 Å². The number of allylic oxidation sites excluding steroid dienone is 3. The van der Waals surface area contributed by atoms with Crippen LogP contribution in [0, 0.1) is 6.92 Å². The van der Waals surface area contributed by atoms with Crippen molar-refractivity contribution >= 4 is 24.8 Å². The second-order valence-electron chi connectivity index (χ2n) is 4.92. The second-order valence-corrected chi connectivity index (χ2v) is 7.23. The lowest BCUT2D eigenvalue weighted by Crippen LogP contribution is -2.09. The van der Waals surface area contributed by atoms with Crippen molar-refractivity contribution in [3.05, 3.63) is 53.0 Å². The molecular formula is C16H20ClO3P. The molecule has 1 aromatic rings. The van der Waals surface area contributed by atoms with E-state index >= 15 is 0 Å². The number of halogens is 1. The average Bonchev–Trinajstić information content (AvgIpc) is 2.46. The molecule has 2 unspecified atom stereocenters. The molecule has 0 radical (unpaired) electrons. The van der Waals surface area contributed by atoms with Gasteiger partial charge in [-0.25, -0.2) is 4.57 Å². The Balaban J connectivity index is 2.43. The number of hydrogen-bond donors (Lipinski definition) is 0. The molecule has 1 heterocycles. The number of alkyl halides is 1. The Bertz CT molecular complexity index is 604. The Morgan fingerprint density at radius 2 is 1.95 bits per heavy atom. The quantitative estimate of drug-likeness (QED) is 0.529. The molecule has 1 aliphatic heterocycles. The lowest BCUT2D eigenvalue weighted by atomic mass is 10.0. The van der Waals surface area contributed by atoms with Crippen LogP contribution in [0.4, 0.5) is 0 Å². The molecule has 21 heavy (non-hydrogen) atoms. The van der Waals surface area contributed by atoms with Crippen LogP contribution in [0.1, 0.15) is 31.4 Å². The molecule has 114 valence electrons. The molecule has 2 rings (SSSR count). The summed E-state index contributed by atoms with van der Waals surface area (Å²) in [5, 5.41) is -0.312. The fourth-order valence-corrected chi connectivity index (χ4v) is 3.80. The van der Waals surface area contributed by atoms with Gasteiger partial charge in [-0.1, -0.05) is 36.8 Å². The molecule has 0 N–H and O–H groups in total. The minimum absolute atomic E-state index is 0.312. The van der Waals surface area contributed by atoms with Crippen molar-refractivity contribution in [3.63, 3.8) is 0 Å². The minimum atomic E-state index is -3.28. The summed E-state index contributed by atoms with van der Waals surface area (Å²) in [7, 11) is -3.28. The second kappa shape index (κ2) is 6.83. The third-order valence-electron chi connectivity index (χ3n) is 3.19. The molecule has 0 bridgehead atoms. The molecule has 0 aromatic heterocycles. The van der Waals surface area contributed by atoms with Crippen molar-refractivity contribution in [1.82, 2.24) is 0 Å². The van der Waals surface area contributed by atoms with Gasteiger partial charge in [0.1, 0.15) is 5.76 Å². The Labute approximate surface area is 131 Å². The van der Waals surface area contributed by atoms with Gasteiger partial charge in [-0.05, 0) is 37.5 Å². The molecule has 0 saturated heterocycles. The molecule has 5 heteroatoms. The van der Waals surface area contributed by atoms with Gasteiger partial charge in [0.15, 0.2) is 0 Å². The van der Waals surface area contributed by atoms with Crippen LogP contribution in [0.25, 0.3) is 5.57 Å². The van der Waals surface area contributed by atoms with E-state index in [-0.39, 0.29) is 5.38 Å². The molecule has 0 saturated carbocycles. The standard InChI is InChI=1S/C16H20ClO3P/c1-4-15(17)16-10-14(11-21(18,20-16)19-5-2)13-8-6-12(3)7-9-13/h6-11,15H,4-5H2,1-3H3. The Kier molecular flexibility index (Phi) is 5.32. The van der Waals surface area contributed by atoms with E-state index in [9.17, 15) is 4.57 Å². The minimum Gasteiger partial charge on any atom is -0.424 e. The summed E-state index contributed by atoms with van der Waals surface area (Å²) in [5.41, 5.74) is 2.97. The summed E-state index contributed by atoms with van der Waals surface area (Å²) in [6.07, 6.45) is 2.54. The Morgan fingerprint density at radius 3 is 2.52 bits per heavy atom. The number of aryl methyl sites for hydroxylation is 1. The normalized spacial score (nSPS) is 23.0. The highest BCUT2D eigenvalue weighted by Gasteiger charge is 2.31. The average molecular weight is 327 g/mol. The number of hydrogen-bond acceptors (Lipinski definition) is 3. The summed E-state index contributed by atoms with van der Waals surface area (Å²) in [6.45, 7) is 6.09. The van der Waals surface area contributed by atoms with Gasteiger partial charge in [0, 0.05) is 5.82 Å². The fraction of sp³-hybridized carbons (Fsp3) is 0.375. The summed E-state index contributed by atoms with van der Waals surface area (Å²) >= 11 is 6.25. The first kappa shape index (κ1) is 16.4. The van der Waals surface area contributed by atoms with E-state index < -0.39 is 7.60 Å². The lowest BCUT2D eigenvalue weighted by Gasteiger charge is -2.25. The predicted molar refractivity (Wildman–Crippen MR) is 87.5 cm³/mol. The molecule has 0 aliphatic carbocycles. The van der Waals surface area contributed by atoms with Gasteiger partial charge >= 0.3 is 7.60 Å². The number of rotatable bonds is 5.